The van der Waals surface area contributed by atoms with Gasteiger partial charge in [0.25, 0.3) is 5.91 Å². The molecule has 4 rings (SSSR count). The van der Waals surface area contributed by atoms with Crippen molar-refractivity contribution in [2.24, 2.45) is 0 Å². The van der Waals surface area contributed by atoms with Gasteiger partial charge in [-0.2, -0.15) is 0 Å². The number of amides is 1. The second-order valence-electron chi connectivity index (χ2n) is 5.46. The second-order valence-corrected chi connectivity index (χ2v) is 5.87. The first-order valence-corrected chi connectivity index (χ1v) is 8.04. The molecule has 1 N–H and O–H groups in total. The molecule has 4 aromatic rings. The number of fused-ring (bicyclic) bond motifs is 1. The maximum Gasteiger partial charge on any atom is 0.275 e. The van der Waals surface area contributed by atoms with E-state index in [9.17, 15) is 4.79 Å². The monoisotopic (exact) mass is 348 g/mol. The Labute approximate surface area is 148 Å². The largest absolute Gasteiger partial charge is 0.319 e. The Morgan fingerprint density at radius 3 is 2.64 bits per heavy atom. The fourth-order valence-corrected chi connectivity index (χ4v) is 2.72. The minimum atomic E-state index is -0.309. The lowest BCUT2D eigenvalue weighted by atomic mass is 10.2. The van der Waals surface area contributed by atoms with Crippen LogP contribution in [0.2, 0.25) is 5.02 Å². The summed E-state index contributed by atoms with van der Waals surface area (Å²) >= 11 is 6.08. The molecule has 0 aliphatic carbocycles. The lowest BCUT2D eigenvalue weighted by Gasteiger charge is -2.04. The molecule has 0 bridgehead atoms. The number of carbonyl (C=O) groups excluding carboxylic acids is 1. The molecule has 0 aliphatic heterocycles. The van der Waals surface area contributed by atoms with E-state index in [0.717, 1.165) is 11.3 Å². The van der Waals surface area contributed by atoms with E-state index < -0.39 is 0 Å². The average Bonchev–Trinajstić information content (AvgIpc) is 3.08. The molecule has 3 aromatic heterocycles. The number of anilines is 1. The van der Waals surface area contributed by atoms with Gasteiger partial charge in [-0.15, -0.1) is 0 Å². The van der Waals surface area contributed by atoms with Crippen molar-refractivity contribution in [1.29, 1.82) is 0 Å². The van der Waals surface area contributed by atoms with E-state index in [0.29, 0.717) is 22.1 Å². The number of carbonyl (C=O) groups is 1. The number of rotatable bonds is 3. The molecule has 0 spiro atoms. The number of aromatic nitrogens is 3. The van der Waals surface area contributed by atoms with Gasteiger partial charge in [0.15, 0.2) is 0 Å². The summed E-state index contributed by atoms with van der Waals surface area (Å²) in [6, 6.07) is 16.6. The molecule has 1 amide bonds. The molecule has 1 aromatic carbocycles. The van der Waals surface area contributed by atoms with E-state index in [-0.39, 0.29) is 5.91 Å². The zero-order valence-electron chi connectivity index (χ0n) is 13.1. The lowest BCUT2D eigenvalue weighted by molar-refractivity contribution is 0.102. The standard InChI is InChI=1S/C19H13ClN4O/c20-14-5-1-2-7-16(14)23-19(25)17-12-24-11-13(8-9-18(24)22-17)15-6-3-4-10-21-15/h1-12H,(H,23,25). The molecule has 25 heavy (non-hydrogen) atoms. The van der Waals surface area contributed by atoms with E-state index in [2.05, 4.69) is 15.3 Å². The molecule has 3 heterocycles. The van der Waals surface area contributed by atoms with Crippen LogP contribution in [0.3, 0.4) is 0 Å². The van der Waals surface area contributed by atoms with Gasteiger partial charge < -0.3 is 9.72 Å². The fourth-order valence-electron chi connectivity index (χ4n) is 2.54. The van der Waals surface area contributed by atoms with Gasteiger partial charge in [-0.3, -0.25) is 9.78 Å². The number of nitrogens with zero attached hydrogens (tertiary/aromatic N) is 3. The molecule has 122 valence electrons. The van der Waals surface area contributed by atoms with E-state index in [1.807, 2.05) is 53.1 Å². The van der Waals surface area contributed by atoms with Crippen LogP contribution in [-0.4, -0.2) is 20.3 Å². The molecule has 0 aliphatic rings. The third-order valence-electron chi connectivity index (χ3n) is 3.77. The summed E-state index contributed by atoms with van der Waals surface area (Å²) in [6.07, 6.45) is 5.33. The number of hydrogen-bond donors (Lipinski definition) is 1. The van der Waals surface area contributed by atoms with Gasteiger partial charge in [-0.25, -0.2) is 4.98 Å². The Balaban J connectivity index is 1.65. The molecule has 0 radical (unpaired) electrons. The van der Waals surface area contributed by atoms with Crippen LogP contribution in [0.25, 0.3) is 16.9 Å². The summed E-state index contributed by atoms with van der Waals surface area (Å²) in [6.45, 7) is 0. The van der Waals surface area contributed by atoms with Crippen molar-refractivity contribution in [3.05, 3.63) is 83.9 Å². The molecule has 6 heteroatoms. The molecular weight excluding hydrogens is 336 g/mol. The minimum absolute atomic E-state index is 0.309. The Bertz CT molecular complexity index is 1060. The number of hydrogen-bond acceptors (Lipinski definition) is 3. The van der Waals surface area contributed by atoms with Gasteiger partial charge >= 0.3 is 0 Å². The predicted molar refractivity (Wildman–Crippen MR) is 97.8 cm³/mol. The molecule has 5 nitrogen and oxygen atoms in total. The van der Waals surface area contributed by atoms with E-state index in [1.165, 1.54) is 0 Å². The molecule has 0 saturated heterocycles. The highest BCUT2D eigenvalue weighted by Crippen LogP contribution is 2.22. The summed E-state index contributed by atoms with van der Waals surface area (Å²) in [5, 5.41) is 3.26. The Hall–Kier alpha value is -3.18. The number of imidazole rings is 1. The summed E-state index contributed by atoms with van der Waals surface area (Å²) in [7, 11) is 0. The maximum absolute atomic E-state index is 12.4. The Morgan fingerprint density at radius 2 is 1.84 bits per heavy atom. The summed E-state index contributed by atoms with van der Waals surface area (Å²) in [5.74, 6) is -0.309. The van der Waals surface area contributed by atoms with Gasteiger partial charge in [0.2, 0.25) is 0 Å². The van der Waals surface area contributed by atoms with Crippen LogP contribution in [0.5, 0.6) is 0 Å². The zero-order chi connectivity index (χ0) is 17.2. The number of nitrogens with one attached hydrogen (secondary N) is 1. The summed E-state index contributed by atoms with van der Waals surface area (Å²) in [5.41, 5.74) is 3.37. The van der Waals surface area contributed by atoms with Crippen LogP contribution in [0.4, 0.5) is 5.69 Å². The van der Waals surface area contributed by atoms with E-state index in [4.69, 9.17) is 11.6 Å². The first-order valence-electron chi connectivity index (χ1n) is 7.67. The van der Waals surface area contributed by atoms with Gasteiger partial charge in [-0.05, 0) is 36.4 Å². The van der Waals surface area contributed by atoms with Crippen LogP contribution in [-0.2, 0) is 0 Å². The van der Waals surface area contributed by atoms with Crippen molar-refractivity contribution < 1.29 is 4.79 Å². The maximum atomic E-state index is 12.4. The fraction of sp³-hybridized carbons (Fsp3) is 0. The number of benzene rings is 1. The minimum Gasteiger partial charge on any atom is -0.319 e. The lowest BCUT2D eigenvalue weighted by Crippen LogP contribution is -2.12. The summed E-state index contributed by atoms with van der Waals surface area (Å²) in [4.78, 5) is 21.1. The Kier molecular flexibility index (Phi) is 3.91. The first-order chi connectivity index (χ1) is 12.2. The SMILES string of the molecule is O=C(Nc1ccccc1Cl)c1cn2cc(-c3ccccn3)ccc2n1. The number of pyridine rings is 2. The highest BCUT2D eigenvalue weighted by molar-refractivity contribution is 6.33. The van der Waals surface area contributed by atoms with Crippen molar-refractivity contribution in [2.45, 2.75) is 0 Å². The van der Waals surface area contributed by atoms with Crippen molar-refractivity contribution in [1.82, 2.24) is 14.4 Å². The summed E-state index contributed by atoms with van der Waals surface area (Å²) < 4.78 is 1.81. The van der Waals surface area contributed by atoms with Crippen molar-refractivity contribution in [3.63, 3.8) is 0 Å². The molecule has 0 saturated carbocycles. The number of halogens is 1. The second kappa shape index (κ2) is 6.37. The molecule has 0 fully saturated rings. The third kappa shape index (κ3) is 3.09. The van der Waals surface area contributed by atoms with E-state index >= 15 is 0 Å². The molecule has 0 unspecified atom stereocenters. The van der Waals surface area contributed by atoms with Crippen molar-refractivity contribution in [3.8, 4) is 11.3 Å². The van der Waals surface area contributed by atoms with Crippen LogP contribution in [0, 0.1) is 0 Å². The highest BCUT2D eigenvalue weighted by Gasteiger charge is 2.13. The highest BCUT2D eigenvalue weighted by atomic mass is 35.5. The van der Waals surface area contributed by atoms with Gasteiger partial charge in [0.1, 0.15) is 11.3 Å². The molecule has 0 atom stereocenters. The smallest absolute Gasteiger partial charge is 0.275 e. The topological polar surface area (TPSA) is 59.3 Å². The average molecular weight is 349 g/mol. The van der Waals surface area contributed by atoms with Gasteiger partial charge in [0.05, 0.1) is 16.4 Å². The van der Waals surface area contributed by atoms with Crippen LogP contribution < -0.4 is 5.32 Å². The predicted octanol–water partition coefficient (Wildman–Crippen LogP) is 4.30. The van der Waals surface area contributed by atoms with Crippen LogP contribution >= 0.6 is 11.6 Å². The normalized spacial score (nSPS) is 10.8. The third-order valence-corrected chi connectivity index (χ3v) is 4.10. The van der Waals surface area contributed by atoms with Gasteiger partial charge in [-0.1, -0.05) is 29.8 Å². The quantitative estimate of drug-likeness (QED) is 0.600. The van der Waals surface area contributed by atoms with Crippen LogP contribution in [0.15, 0.2) is 73.2 Å². The zero-order valence-corrected chi connectivity index (χ0v) is 13.8. The van der Waals surface area contributed by atoms with Crippen LogP contribution in [0.1, 0.15) is 10.5 Å². The number of para-hydroxylation sites is 1. The Morgan fingerprint density at radius 1 is 1.00 bits per heavy atom. The molecular formula is C19H13ClN4O. The van der Waals surface area contributed by atoms with Crippen molar-refractivity contribution >= 4 is 28.8 Å². The van der Waals surface area contributed by atoms with E-state index in [1.54, 1.807) is 24.5 Å². The van der Waals surface area contributed by atoms with Gasteiger partial charge in [0, 0.05) is 24.2 Å². The van der Waals surface area contributed by atoms with Crippen molar-refractivity contribution in [2.75, 3.05) is 5.32 Å². The first kappa shape index (κ1) is 15.4.